The fourth-order valence-electron chi connectivity index (χ4n) is 2.51. The van der Waals surface area contributed by atoms with Crippen LogP contribution >= 0.6 is 0 Å². The molecule has 0 aliphatic rings. The van der Waals surface area contributed by atoms with Crippen molar-refractivity contribution in [1.29, 1.82) is 0 Å². The van der Waals surface area contributed by atoms with Crippen LogP contribution in [0.3, 0.4) is 0 Å². The molecule has 0 bridgehead atoms. The van der Waals surface area contributed by atoms with E-state index < -0.39 is 0 Å². The maximum Gasteiger partial charge on any atom is 0.271 e. The van der Waals surface area contributed by atoms with E-state index in [1.54, 1.807) is 0 Å². The molecule has 1 amide bonds. The van der Waals surface area contributed by atoms with Crippen molar-refractivity contribution in [3.8, 4) is 0 Å². The van der Waals surface area contributed by atoms with E-state index in [0.717, 1.165) is 23.0 Å². The minimum Gasteiger partial charge on any atom is -0.374 e. The zero-order valence-corrected chi connectivity index (χ0v) is 14.2. The second kappa shape index (κ2) is 8.35. The van der Waals surface area contributed by atoms with Crippen molar-refractivity contribution in [2.45, 2.75) is 19.4 Å². The molecule has 0 saturated heterocycles. The Bertz CT molecular complexity index is 836. The number of para-hydroxylation sites is 2. The van der Waals surface area contributed by atoms with E-state index >= 15 is 0 Å². The number of carbonyl (C=O) groups excluding carboxylic acids is 1. The highest BCUT2D eigenvalue weighted by Gasteiger charge is 2.09. The molecule has 0 spiro atoms. The summed E-state index contributed by atoms with van der Waals surface area (Å²) in [4.78, 5) is 20.7. The molecular formula is C20H21N3O2. The summed E-state index contributed by atoms with van der Waals surface area (Å²) >= 11 is 0. The van der Waals surface area contributed by atoms with E-state index in [1.165, 1.54) is 6.20 Å². The molecule has 3 rings (SSSR count). The van der Waals surface area contributed by atoms with Crippen LogP contribution in [-0.4, -0.2) is 29.0 Å². The minimum atomic E-state index is -0.214. The fraction of sp³-hybridized carbons (Fsp3) is 0.250. The van der Waals surface area contributed by atoms with Crippen molar-refractivity contribution in [1.82, 2.24) is 15.3 Å². The van der Waals surface area contributed by atoms with Crippen molar-refractivity contribution in [3.05, 3.63) is 72.1 Å². The molecule has 2 aromatic carbocycles. The molecule has 1 heterocycles. The van der Waals surface area contributed by atoms with Gasteiger partial charge in [0.05, 0.1) is 23.3 Å². The third kappa shape index (κ3) is 4.61. The quantitative estimate of drug-likeness (QED) is 0.671. The Morgan fingerprint density at radius 3 is 2.60 bits per heavy atom. The second-order valence-corrected chi connectivity index (χ2v) is 5.78. The molecule has 0 aliphatic heterocycles. The largest absolute Gasteiger partial charge is 0.374 e. The maximum atomic E-state index is 12.2. The predicted octanol–water partition coefficient (Wildman–Crippen LogP) is 3.53. The lowest BCUT2D eigenvalue weighted by Crippen LogP contribution is -2.26. The van der Waals surface area contributed by atoms with Crippen LogP contribution in [0.1, 0.15) is 35.5 Å². The third-order valence-corrected chi connectivity index (χ3v) is 3.92. The molecule has 1 aromatic heterocycles. The Morgan fingerprint density at radius 2 is 1.80 bits per heavy atom. The van der Waals surface area contributed by atoms with E-state index in [9.17, 15) is 4.79 Å². The van der Waals surface area contributed by atoms with Crippen molar-refractivity contribution < 1.29 is 9.53 Å². The summed E-state index contributed by atoms with van der Waals surface area (Å²) in [5, 5.41) is 2.86. The standard InChI is InChI=1S/C20H21N3O2/c1-15(16-8-3-2-4-9-16)25-13-7-12-21-20(24)19-14-22-17-10-5-6-11-18(17)23-19/h2-6,8-11,14-15H,7,12-13H2,1H3,(H,21,24). The number of rotatable bonds is 7. The summed E-state index contributed by atoms with van der Waals surface area (Å²) in [6.07, 6.45) is 2.29. The first-order chi connectivity index (χ1) is 12.2. The molecule has 0 saturated carbocycles. The van der Waals surface area contributed by atoms with Gasteiger partial charge in [0.25, 0.3) is 5.91 Å². The number of aromatic nitrogens is 2. The first-order valence-electron chi connectivity index (χ1n) is 8.40. The Kier molecular flexibility index (Phi) is 5.69. The van der Waals surface area contributed by atoms with Crippen LogP contribution in [0.15, 0.2) is 60.8 Å². The van der Waals surface area contributed by atoms with Gasteiger partial charge in [-0.25, -0.2) is 4.98 Å². The third-order valence-electron chi connectivity index (χ3n) is 3.92. The lowest BCUT2D eigenvalue weighted by atomic mass is 10.1. The van der Waals surface area contributed by atoms with Crippen molar-refractivity contribution in [2.24, 2.45) is 0 Å². The molecule has 1 atom stereocenters. The van der Waals surface area contributed by atoms with Crippen molar-refractivity contribution >= 4 is 16.9 Å². The van der Waals surface area contributed by atoms with E-state index in [1.807, 2.05) is 61.5 Å². The van der Waals surface area contributed by atoms with E-state index in [-0.39, 0.29) is 12.0 Å². The molecule has 3 aromatic rings. The number of hydrogen-bond donors (Lipinski definition) is 1. The zero-order chi connectivity index (χ0) is 17.5. The summed E-state index contributed by atoms with van der Waals surface area (Å²) in [5.74, 6) is -0.214. The van der Waals surface area contributed by atoms with Crippen molar-refractivity contribution in [3.63, 3.8) is 0 Å². The van der Waals surface area contributed by atoms with Gasteiger partial charge >= 0.3 is 0 Å². The fourth-order valence-corrected chi connectivity index (χ4v) is 2.51. The predicted molar refractivity (Wildman–Crippen MR) is 97.3 cm³/mol. The normalized spacial score (nSPS) is 12.0. The average molecular weight is 335 g/mol. The number of fused-ring (bicyclic) bond motifs is 1. The second-order valence-electron chi connectivity index (χ2n) is 5.78. The van der Waals surface area contributed by atoms with Crippen LogP contribution in [0.4, 0.5) is 0 Å². The molecule has 0 radical (unpaired) electrons. The molecule has 1 unspecified atom stereocenters. The number of hydrogen-bond acceptors (Lipinski definition) is 4. The SMILES string of the molecule is CC(OCCCNC(=O)c1cnc2ccccc2n1)c1ccccc1. The smallest absolute Gasteiger partial charge is 0.271 e. The molecule has 5 heteroatoms. The topological polar surface area (TPSA) is 64.1 Å². The molecule has 128 valence electrons. The Balaban J connectivity index is 1.43. The van der Waals surface area contributed by atoms with Crippen LogP contribution in [-0.2, 0) is 4.74 Å². The number of amides is 1. The molecule has 5 nitrogen and oxygen atoms in total. The van der Waals surface area contributed by atoms with Crippen LogP contribution in [0, 0.1) is 0 Å². The number of carbonyl (C=O) groups is 1. The molecular weight excluding hydrogens is 314 g/mol. The van der Waals surface area contributed by atoms with Crippen LogP contribution < -0.4 is 5.32 Å². The number of ether oxygens (including phenoxy) is 1. The highest BCUT2D eigenvalue weighted by molar-refractivity contribution is 5.93. The molecule has 0 fully saturated rings. The van der Waals surface area contributed by atoms with Gasteiger partial charge in [-0.15, -0.1) is 0 Å². The van der Waals surface area contributed by atoms with Crippen LogP contribution in [0.25, 0.3) is 11.0 Å². The van der Waals surface area contributed by atoms with Gasteiger partial charge in [-0.1, -0.05) is 42.5 Å². The Morgan fingerprint density at radius 1 is 1.08 bits per heavy atom. The number of nitrogens with zero attached hydrogens (tertiary/aromatic N) is 2. The van der Waals surface area contributed by atoms with Crippen molar-refractivity contribution in [2.75, 3.05) is 13.2 Å². The van der Waals surface area contributed by atoms with Crippen LogP contribution in [0.2, 0.25) is 0 Å². The highest BCUT2D eigenvalue weighted by atomic mass is 16.5. The molecule has 1 N–H and O–H groups in total. The highest BCUT2D eigenvalue weighted by Crippen LogP contribution is 2.15. The Labute approximate surface area is 147 Å². The summed E-state index contributed by atoms with van der Waals surface area (Å²) in [6.45, 7) is 3.15. The van der Waals surface area contributed by atoms with Gasteiger partial charge in [0.2, 0.25) is 0 Å². The Hall–Kier alpha value is -2.79. The van der Waals surface area contributed by atoms with Gasteiger partial charge in [0.15, 0.2) is 0 Å². The van der Waals surface area contributed by atoms with Crippen LogP contribution in [0.5, 0.6) is 0 Å². The summed E-state index contributed by atoms with van der Waals surface area (Å²) in [5.41, 5.74) is 2.98. The monoisotopic (exact) mass is 335 g/mol. The average Bonchev–Trinajstić information content (AvgIpc) is 2.67. The van der Waals surface area contributed by atoms with Gasteiger partial charge in [-0.05, 0) is 31.0 Å². The van der Waals surface area contributed by atoms with Gasteiger partial charge in [-0.2, -0.15) is 0 Å². The summed E-state index contributed by atoms with van der Waals surface area (Å²) < 4.78 is 5.79. The first-order valence-corrected chi connectivity index (χ1v) is 8.40. The van der Waals surface area contributed by atoms with Gasteiger partial charge < -0.3 is 10.1 Å². The van der Waals surface area contributed by atoms with Gasteiger partial charge in [-0.3, -0.25) is 9.78 Å². The lowest BCUT2D eigenvalue weighted by molar-refractivity contribution is 0.0634. The molecule has 25 heavy (non-hydrogen) atoms. The lowest BCUT2D eigenvalue weighted by Gasteiger charge is -2.13. The molecule has 0 aliphatic carbocycles. The number of nitrogens with one attached hydrogen (secondary N) is 1. The first kappa shape index (κ1) is 17.0. The van der Waals surface area contributed by atoms with E-state index in [0.29, 0.717) is 18.8 Å². The minimum absolute atomic E-state index is 0.0447. The zero-order valence-electron chi connectivity index (χ0n) is 14.2. The number of benzene rings is 2. The van der Waals surface area contributed by atoms with Gasteiger partial charge in [0.1, 0.15) is 5.69 Å². The summed E-state index contributed by atoms with van der Waals surface area (Å²) in [7, 11) is 0. The van der Waals surface area contributed by atoms with Gasteiger partial charge in [0, 0.05) is 13.2 Å². The van der Waals surface area contributed by atoms with E-state index in [2.05, 4.69) is 15.3 Å². The summed E-state index contributed by atoms with van der Waals surface area (Å²) in [6, 6.07) is 17.6. The maximum absolute atomic E-state index is 12.2. The van der Waals surface area contributed by atoms with E-state index in [4.69, 9.17) is 4.74 Å².